The van der Waals surface area contributed by atoms with Gasteiger partial charge in [-0.25, -0.2) is 4.79 Å². The van der Waals surface area contributed by atoms with Crippen molar-refractivity contribution in [3.8, 4) is 5.75 Å². The van der Waals surface area contributed by atoms with Gasteiger partial charge in [0.25, 0.3) is 0 Å². The molecule has 1 fully saturated rings. The lowest BCUT2D eigenvalue weighted by molar-refractivity contribution is 0.210. The molecule has 1 aliphatic heterocycles. The van der Waals surface area contributed by atoms with Crippen molar-refractivity contribution in [3.05, 3.63) is 48.5 Å². The van der Waals surface area contributed by atoms with Crippen LogP contribution >= 0.6 is 0 Å². The van der Waals surface area contributed by atoms with Crippen molar-refractivity contribution in [2.24, 2.45) is 0 Å². The number of phenolic OH excluding ortho intramolecular Hbond substituents is 1. The molecular weight excluding hydrogens is 294 g/mol. The first-order valence-electron chi connectivity index (χ1n) is 7.51. The van der Waals surface area contributed by atoms with Gasteiger partial charge in [-0.2, -0.15) is 0 Å². The van der Waals surface area contributed by atoms with Crippen molar-refractivity contribution in [2.45, 2.75) is 0 Å². The molecule has 0 atom stereocenters. The number of nitrogens with one attached hydrogen (secondary N) is 1. The van der Waals surface area contributed by atoms with E-state index in [0.717, 1.165) is 37.6 Å². The number of aromatic hydroxyl groups is 1. The number of hydrogen-bond acceptors (Lipinski definition) is 4. The van der Waals surface area contributed by atoms with Crippen LogP contribution in [0.5, 0.6) is 5.75 Å². The first-order valence-corrected chi connectivity index (χ1v) is 7.51. The quantitative estimate of drug-likeness (QED) is 0.812. The fourth-order valence-corrected chi connectivity index (χ4v) is 2.77. The Hall–Kier alpha value is -2.89. The summed E-state index contributed by atoms with van der Waals surface area (Å²) in [5.74, 6) is 0.280. The Morgan fingerprint density at radius 3 is 1.70 bits per heavy atom. The molecule has 3 rings (SSSR count). The van der Waals surface area contributed by atoms with E-state index in [1.807, 2.05) is 24.3 Å². The molecule has 6 nitrogen and oxygen atoms in total. The molecule has 120 valence electrons. The molecule has 1 saturated heterocycles. The molecular formula is C17H19N3O3. The minimum Gasteiger partial charge on any atom is -0.508 e. The summed E-state index contributed by atoms with van der Waals surface area (Å²) < 4.78 is 0. The van der Waals surface area contributed by atoms with Crippen LogP contribution in [0.4, 0.5) is 21.9 Å². The van der Waals surface area contributed by atoms with Gasteiger partial charge in [0.1, 0.15) is 5.75 Å². The van der Waals surface area contributed by atoms with Crippen LogP contribution in [0.15, 0.2) is 48.5 Å². The van der Waals surface area contributed by atoms with Crippen molar-refractivity contribution < 1.29 is 15.0 Å². The first kappa shape index (κ1) is 15.0. The van der Waals surface area contributed by atoms with Crippen LogP contribution in [0.3, 0.4) is 0 Å². The molecule has 1 amide bonds. The van der Waals surface area contributed by atoms with Gasteiger partial charge in [-0.05, 0) is 48.5 Å². The monoisotopic (exact) mass is 313 g/mol. The SMILES string of the molecule is O=C(O)Nc1ccc(N2CCN(c3ccc(O)cc3)CC2)cc1. The highest BCUT2D eigenvalue weighted by Gasteiger charge is 2.17. The van der Waals surface area contributed by atoms with Crippen LogP contribution in [0.2, 0.25) is 0 Å². The largest absolute Gasteiger partial charge is 0.508 e. The zero-order chi connectivity index (χ0) is 16.2. The molecule has 2 aromatic carbocycles. The molecule has 0 radical (unpaired) electrons. The summed E-state index contributed by atoms with van der Waals surface area (Å²) in [4.78, 5) is 15.2. The van der Waals surface area contributed by atoms with Crippen LogP contribution in [0.25, 0.3) is 0 Å². The molecule has 0 aromatic heterocycles. The second-order valence-corrected chi connectivity index (χ2v) is 5.47. The van der Waals surface area contributed by atoms with Crippen molar-refractivity contribution in [3.63, 3.8) is 0 Å². The van der Waals surface area contributed by atoms with Crippen LogP contribution in [0, 0.1) is 0 Å². The number of nitrogens with zero attached hydrogens (tertiary/aromatic N) is 2. The van der Waals surface area contributed by atoms with E-state index in [9.17, 15) is 9.90 Å². The maximum absolute atomic E-state index is 10.6. The fraction of sp³-hybridized carbons (Fsp3) is 0.235. The molecule has 23 heavy (non-hydrogen) atoms. The van der Waals surface area contributed by atoms with Gasteiger partial charge < -0.3 is 20.0 Å². The Bertz CT molecular complexity index is 662. The summed E-state index contributed by atoms with van der Waals surface area (Å²) in [5.41, 5.74) is 2.78. The second-order valence-electron chi connectivity index (χ2n) is 5.47. The molecule has 0 unspecified atom stereocenters. The van der Waals surface area contributed by atoms with Crippen molar-refractivity contribution >= 4 is 23.2 Å². The highest BCUT2D eigenvalue weighted by atomic mass is 16.4. The summed E-state index contributed by atoms with van der Waals surface area (Å²) >= 11 is 0. The minimum absolute atomic E-state index is 0.280. The van der Waals surface area contributed by atoms with Gasteiger partial charge >= 0.3 is 6.09 Å². The van der Waals surface area contributed by atoms with E-state index in [1.165, 1.54) is 0 Å². The third kappa shape index (κ3) is 3.66. The molecule has 6 heteroatoms. The summed E-state index contributed by atoms with van der Waals surface area (Å²) in [7, 11) is 0. The average Bonchev–Trinajstić information content (AvgIpc) is 2.56. The van der Waals surface area contributed by atoms with E-state index < -0.39 is 6.09 Å². The first-order chi connectivity index (χ1) is 11.1. The number of carboxylic acid groups (broad SMARTS) is 1. The molecule has 3 N–H and O–H groups in total. The number of anilines is 3. The number of rotatable bonds is 3. The Balaban J connectivity index is 1.60. The van der Waals surface area contributed by atoms with Gasteiger partial charge in [-0.15, -0.1) is 0 Å². The van der Waals surface area contributed by atoms with E-state index in [4.69, 9.17) is 5.11 Å². The van der Waals surface area contributed by atoms with Gasteiger partial charge in [-0.1, -0.05) is 0 Å². The van der Waals surface area contributed by atoms with Crippen molar-refractivity contribution in [1.82, 2.24) is 0 Å². The molecule has 1 aliphatic rings. The standard InChI is InChI=1S/C17H19N3O3/c21-16-7-5-15(6-8-16)20-11-9-19(10-12-20)14-3-1-13(2-4-14)18-17(22)23/h1-8,18,21H,9-12H2,(H,22,23). The average molecular weight is 313 g/mol. The predicted octanol–water partition coefficient (Wildman–Crippen LogP) is 2.81. The topological polar surface area (TPSA) is 76.0 Å². The smallest absolute Gasteiger partial charge is 0.409 e. The van der Waals surface area contributed by atoms with Gasteiger partial charge in [0, 0.05) is 43.2 Å². The highest BCUT2D eigenvalue weighted by Crippen LogP contribution is 2.23. The Labute approximate surface area is 134 Å². The predicted molar refractivity (Wildman–Crippen MR) is 90.6 cm³/mol. The number of phenols is 1. The van der Waals surface area contributed by atoms with Crippen molar-refractivity contribution in [2.75, 3.05) is 41.3 Å². The second kappa shape index (κ2) is 6.48. The summed E-state index contributed by atoms with van der Waals surface area (Å²) in [5, 5.41) is 20.4. The zero-order valence-electron chi connectivity index (χ0n) is 12.6. The van der Waals surface area contributed by atoms with E-state index >= 15 is 0 Å². The van der Waals surface area contributed by atoms with Crippen LogP contribution in [-0.4, -0.2) is 42.5 Å². The highest BCUT2D eigenvalue weighted by molar-refractivity contribution is 5.83. The molecule has 1 heterocycles. The zero-order valence-corrected chi connectivity index (χ0v) is 12.6. The maximum Gasteiger partial charge on any atom is 0.409 e. The lowest BCUT2D eigenvalue weighted by Crippen LogP contribution is -2.46. The Morgan fingerprint density at radius 1 is 0.826 bits per heavy atom. The van der Waals surface area contributed by atoms with E-state index in [0.29, 0.717) is 5.69 Å². The van der Waals surface area contributed by atoms with Gasteiger partial charge in [0.15, 0.2) is 0 Å². The molecule has 0 saturated carbocycles. The maximum atomic E-state index is 10.6. The lowest BCUT2D eigenvalue weighted by atomic mass is 10.2. The summed E-state index contributed by atoms with van der Waals surface area (Å²) in [6, 6.07) is 14.7. The van der Waals surface area contributed by atoms with Crippen LogP contribution in [0.1, 0.15) is 0 Å². The molecule has 0 bridgehead atoms. The Morgan fingerprint density at radius 2 is 1.26 bits per heavy atom. The summed E-state index contributed by atoms with van der Waals surface area (Å²) in [6.07, 6.45) is -1.06. The summed E-state index contributed by atoms with van der Waals surface area (Å²) in [6.45, 7) is 3.60. The lowest BCUT2D eigenvalue weighted by Gasteiger charge is -2.37. The Kier molecular flexibility index (Phi) is 4.23. The molecule has 0 spiro atoms. The van der Waals surface area contributed by atoms with Gasteiger partial charge in [0.05, 0.1) is 0 Å². The van der Waals surface area contributed by atoms with Crippen molar-refractivity contribution in [1.29, 1.82) is 0 Å². The van der Waals surface area contributed by atoms with E-state index in [2.05, 4.69) is 15.1 Å². The van der Waals surface area contributed by atoms with Gasteiger partial charge in [-0.3, -0.25) is 5.32 Å². The van der Waals surface area contributed by atoms with Crippen LogP contribution < -0.4 is 15.1 Å². The number of piperazine rings is 1. The number of amides is 1. The van der Waals surface area contributed by atoms with E-state index in [1.54, 1.807) is 24.3 Å². The number of hydrogen-bond donors (Lipinski definition) is 3. The van der Waals surface area contributed by atoms with Crippen LogP contribution in [-0.2, 0) is 0 Å². The number of benzene rings is 2. The van der Waals surface area contributed by atoms with Gasteiger partial charge in [0.2, 0.25) is 0 Å². The molecule has 0 aliphatic carbocycles. The number of carbonyl (C=O) groups is 1. The fourth-order valence-electron chi connectivity index (χ4n) is 2.77. The third-order valence-electron chi connectivity index (χ3n) is 3.98. The van der Waals surface area contributed by atoms with E-state index in [-0.39, 0.29) is 5.75 Å². The normalized spacial score (nSPS) is 14.6. The molecule has 2 aromatic rings. The minimum atomic E-state index is -1.06. The third-order valence-corrected chi connectivity index (χ3v) is 3.98.